The van der Waals surface area contributed by atoms with Crippen molar-refractivity contribution >= 4 is 17.7 Å². The summed E-state index contributed by atoms with van der Waals surface area (Å²) in [4.78, 5) is 10.8. The zero-order valence-electron chi connectivity index (χ0n) is 7.44. The minimum Gasteiger partial charge on any atom is -0.354 e. The Hall–Kier alpha value is -0.390. The molecule has 0 unspecified atom stereocenters. The first-order valence-corrected chi connectivity index (χ1v) is 4.80. The van der Waals surface area contributed by atoms with Crippen LogP contribution in [0.3, 0.4) is 0 Å². The van der Waals surface area contributed by atoms with E-state index in [1.807, 2.05) is 0 Å². The third-order valence-corrected chi connectivity index (χ3v) is 1.78. The largest absolute Gasteiger partial charge is 0.441 e. The molecule has 0 saturated heterocycles. The number of carbonyl (C=O) groups excluding carboxylic acids is 1. The van der Waals surface area contributed by atoms with Crippen LogP contribution in [0.25, 0.3) is 0 Å². The molecule has 0 bridgehead atoms. The fourth-order valence-corrected chi connectivity index (χ4v) is 1.17. The third-order valence-electron chi connectivity index (χ3n) is 1.04. The molecule has 78 valence electrons. The van der Waals surface area contributed by atoms with Crippen LogP contribution in [0.15, 0.2) is 0 Å². The molecule has 1 N–H and O–H groups in total. The van der Waals surface area contributed by atoms with Crippen LogP contribution in [0.2, 0.25) is 0 Å². The summed E-state index contributed by atoms with van der Waals surface area (Å²) >= 11 is -0.172. The number of hydrogen-bond donors (Lipinski definition) is 1. The van der Waals surface area contributed by atoms with Gasteiger partial charge in [-0.2, -0.15) is 13.2 Å². The zero-order chi connectivity index (χ0) is 10.5. The second kappa shape index (κ2) is 5.36. The lowest BCUT2D eigenvalue weighted by Crippen LogP contribution is -2.30. The topological polar surface area (TPSA) is 29.1 Å². The van der Waals surface area contributed by atoms with Gasteiger partial charge in [-0.1, -0.05) is 11.8 Å². The van der Waals surface area contributed by atoms with Gasteiger partial charge in [-0.3, -0.25) is 4.79 Å². The number of nitrogens with one attached hydrogen (secondary N) is 1. The van der Waals surface area contributed by atoms with Gasteiger partial charge in [0.1, 0.15) is 0 Å². The first-order chi connectivity index (χ1) is 5.81. The molecular formula is C7H12F3NOS. The molecule has 0 aliphatic rings. The quantitative estimate of drug-likeness (QED) is 0.778. The van der Waals surface area contributed by atoms with Gasteiger partial charge in [-0.15, -0.1) is 0 Å². The van der Waals surface area contributed by atoms with E-state index in [0.717, 1.165) is 0 Å². The molecule has 0 spiro atoms. The molecule has 0 aliphatic carbocycles. The molecule has 0 aromatic rings. The Bertz CT molecular complexity index is 170. The van der Waals surface area contributed by atoms with Crippen LogP contribution in [0.1, 0.15) is 20.3 Å². The standard InChI is InChI=1S/C7H12F3NOS/c1-5(2)11-6(12)3-4-13-7(8,9)10/h5H,3-4H2,1-2H3,(H,11,12). The fraction of sp³-hybridized carbons (Fsp3) is 0.857. The average Bonchev–Trinajstić information content (AvgIpc) is 1.81. The Morgan fingerprint density at radius 1 is 1.46 bits per heavy atom. The van der Waals surface area contributed by atoms with E-state index in [9.17, 15) is 18.0 Å². The van der Waals surface area contributed by atoms with Crippen molar-refractivity contribution in [1.29, 1.82) is 0 Å². The Balaban J connectivity index is 3.49. The van der Waals surface area contributed by atoms with E-state index in [2.05, 4.69) is 5.32 Å². The highest BCUT2D eigenvalue weighted by atomic mass is 32.2. The van der Waals surface area contributed by atoms with Crippen LogP contribution in [-0.2, 0) is 4.79 Å². The maximum atomic E-state index is 11.6. The number of halogens is 3. The molecule has 0 fully saturated rings. The number of rotatable bonds is 4. The number of alkyl halides is 3. The van der Waals surface area contributed by atoms with Gasteiger partial charge >= 0.3 is 5.51 Å². The van der Waals surface area contributed by atoms with Gasteiger partial charge in [0.25, 0.3) is 0 Å². The zero-order valence-corrected chi connectivity index (χ0v) is 8.26. The molecule has 6 heteroatoms. The number of carbonyl (C=O) groups is 1. The summed E-state index contributed by atoms with van der Waals surface area (Å²) in [7, 11) is 0. The van der Waals surface area contributed by atoms with Crippen LogP contribution in [0.4, 0.5) is 13.2 Å². The van der Waals surface area contributed by atoms with Gasteiger partial charge in [0.15, 0.2) is 0 Å². The van der Waals surface area contributed by atoms with Crippen molar-refractivity contribution in [1.82, 2.24) is 5.32 Å². The maximum Gasteiger partial charge on any atom is 0.441 e. The summed E-state index contributed by atoms with van der Waals surface area (Å²) in [5, 5.41) is 2.51. The molecule has 0 rings (SSSR count). The highest BCUT2D eigenvalue weighted by Crippen LogP contribution is 2.30. The van der Waals surface area contributed by atoms with Crippen molar-refractivity contribution in [3.8, 4) is 0 Å². The van der Waals surface area contributed by atoms with E-state index in [4.69, 9.17) is 0 Å². The fourth-order valence-electron chi connectivity index (χ4n) is 0.654. The van der Waals surface area contributed by atoms with Gasteiger partial charge in [0.2, 0.25) is 5.91 Å². The molecule has 0 aliphatic heterocycles. The summed E-state index contributed by atoms with van der Waals surface area (Å²) in [6.07, 6.45) is -0.0949. The van der Waals surface area contributed by atoms with Crippen LogP contribution in [-0.4, -0.2) is 23.2 Å². The Kier molecular flexibility index (Phi) is 5.20. The van der Waals surface area contributed by atoms with E-state index in [1.54, 1.807) is 13.8 Å². The predicted molar refractivity (Wildman–Crippen MR) is 46.4 cm³/mol. The predicted octanol–water partition coefficient (Wildman–Crippen LogP) is 2.15. The van der Waals surface area contributed by atoms with E-state index < -0.39 is 5.51 Å². The summed E-state index contributed by atoms with van der Waals surface area (Å²) in [6, 6.07) is -0.0246. The SMILES string of the molecule is CC(C)NC(=O)CCSC(F)(F)F. The van der Waals surface area contributed by atoms with Crippen LogP contribution in [0, 0.1) is 0 Å². The van der Waals surface area contributed by atoms with Crippen LogP contribution in [0.5, 0.6) is 0 Å². The Morgan fingerprint density at radius 3 is 2.38 bits per heavy atom. The summed E-state index contributed by atoms with van der Waals surface area (Å²) < 4.78 is 34.8. The third kappa shape index (κ3) is 9.52. The van der Waals surface area contributed by atoms with Gasteiger partial charge in [-0.05, 0) is 13.8 Å². The first-order valence-electron chi connectivity index (χ1n) is 3.81. The number of hydrogen-bond acceptors (Lipinski definition) is 2. The molecule has 2 nitrogen and oxygen atoms in total. The lowest BCUT2D eigenvalue weighted by molar-refractivity contribution is -0.121. The minimum atomic E-state index is -4.24. The van der Waals surface area contributed by atoms with Crippen LogP contribution < -0.4 is 5.32 Å². The maximum absolute atomic E-state index is 11.6. The Labute approximate surface area is 79.3 Å². The molecule has 0 saturated carbocycles. The second-order valence-corrected chi connectivity index (χ2v) is 3.93. The van der Waals surface area contributed by atoms with E-state index in [0.29, 0.717) is 0 Å². The van der Waals surface area contributed by atoms with Gasteiger partial charge in [0, 0.05) is 18.2 Å². The summed E-state index contributed by atoms with van der Waals surface area (Å²) in [5.74, 6) is -0.561. The van der Waals surface area contributed by atoms with Gasteiger partial charge < -0.3 is 5.32 Å². The Morgan fingerprint density at radius 2 is 2.00 bits per heavy atom. The highest BCUT2D eigenvalue weighted by Gasteiger charge is 2.27. The minimum absolute atomic E-state index is 0.0246. The molecule has 0 aromatic heterocycles. The van der Waals surface area contributed by atoms with Crippen molar-refractivity contribution in [2.24, 2.45) is 0 Å². The van der Waals surface area contributed by atoms with Crippen molar-refractivity contribution in [2.75, 3.05) is 5.75 Å². The lowest BCUT2D eigenvalue weighted by Gasteiger charge is -2.08. The monoisotopic (exact) mass is 215 g/mol. The number of thioether (sulfide) groups is 1. The first kappa shape index (κ1) is 12.6. The second-order valence-electron chi connectivity index (χ2n) is 2.77. The van der Waals surface area contributed by atoms with Crippen molar-refractivity contribution in [3.63, 3.8) is 0 Å². The van der Waals surface area contributed by atoms with E-state index in [1.165, 1.54) is 0 Å². The van der Waals surface area contributed by atoms with Gasteiger partial charge in [0.05, 0.1) is 0 Å². The molecule has 0 heterocycles. The molecule has 0 radical (unpaired) electrons. The normalized spacial score (nSPS) is 11.8. The molecular weight excluding hydrogens is 203 g/mol. The van der Waals surface area contributed by atoms with Gasteiger partial charge in [-0.25, -0.2) is 0 Å². The molecule has 1 amide bonds. The molecule has 0 aromatic carbocycles. The smallest absolute Gasteiger partial charge is 0.354 e. The van der Waals surface area contributed by atoms with Crippen molar-refractivity contribution in [3.05, 3.63) is 0 Å². The van der Waals surface area contributed by atoms with Crippen LogP contribution >= 0.6 is 11.8 Å². The van der Waals surface area contributed by atoms with Crippen molar-refractivity contribution in [2.45, 2.75) is 31.8 Å². The summed E-state index contributed by atoms with van der Waals surface area (Å²) in [5.41, 5.74) is -4.24. The lowest BCUT2D eigenvalue weighted by atomic mass is 10.3. The van der Waals surface area contributed by atoms with E-state index >= 15 is 0 Å². The number of amides is 1. The summed E-state index contributed by atoms with van der Waals surface area (Å²) in [6.45, 7) is 3.52. The van der Waals surface area contributed by atoms with Crippen molar-refractivity contribution < 1.29 is 18.0 Å². The average molecular weight is 215 g/mol. The highest BCUT2D eigenvalue weighted by molar-refractivity contribution is 8.00. The van der Waals surface area contributed by atoms with E-state index in [-0.39, 0.29) is 35.9 Å². The molecule has 13 heavy (non-hydrogen) atoms. The molecule has 0 atom stereocenters.